The van der Waals surface area contributed by atoms with Crippen LogP contribution in [0.15, 0.2) is 12.3 Å². The Balaban J connectivity index is 2.61. The number of likely N-dealkylation sites (N-methyl/N-ethyl adjacent to an activating group) is 1. The van der Waals surface area contributed by atoms with Crippen LogP contribution in [0.3, 0.4) is 0 Å². The Morgan fingerprint density at radius 3 is 2.53 bits per heavy atom. The van der Waals surface area contributed by atoms with Crippen LogP contribution in [0.1, 0.15) is 19.8 Å². The Kier molecular flexibility index (Phi) is 4.25. The van der Waals surface area contributed by atoms with Gasteiger partial charge in [-0.05, 0) is 12.8 Å². The molecule has 1 aliphatic heterocycles. The molecule has 1 aliphatic rings. The van der Waals surface area contributed by atoms with E-state index in [9.17, 15) is 14.4 Å². The van der Waals surface area contributed by atoms with Gasteiger partial charge in [-0.2, -0.15) is 0 Å². The topological polar surface area (TPSA) is 78.5 Å². The van der Waals surface area contributed by atoms with Gasteiger partial charge in [0.15, 0.2) is 0 Å². The lowest BCUT2D eigenvalue weighted by Gasteiger charge is -2.22. The molecule has 1 atom stereocenters. The van der Waals surface area contributed by atoms with Crippen molar-refractivity contribution >= 4 is 17.7 Å². The van der Waals surface area contributed by atoms with Crippen LogP contribution in [0.5, 0.6) is 0 Å². The van der Waals surface area contributed by atoms with Crippen molar-refractivity contribution in [3.8, 4) is 0 Å². The summed E-state index contributed by atoms with van der Waals surface area (Å²) in [6.45, 7) is 5.47. The quantitative estimate of drug-likeness (QED) is 0.644. The molecule has 1 heterocycles. The zero-order valence-corrected chi connectivity index (χ0v) is 10.1. The highest BCUT2D eigenvalue weighted by atomic mass is 16.2. The molecule has 0 aromatic heterocycles. The first-order valence-corrected chi connectivity index (χ1v) is 5.46. The van der Waals surface area contributed by atoms with Gasteiger partial charge in [0, 0.05) is 20.5 Å². The summed E-state index contributed by atoms with van der Waals surface area (Å²) in [6, 6.07) is -0.492. The molecular formula is C11H17N3O3. The lowest BCUT2D eigenvalue weighted by molar-refractivity contribution is -0.136. The van der Waals surface area contributed by atoms with Gasteiger partial charge in [0.05, 0.1) is 5.70 Å². The number of carbonyl (C=O) groups is 3. The molecule has 0 aliphatic carbocycles. The Morgan fingerprint density at radius 1 is 1.35 bits per heavy atom. The van der Waals surface area contributed by atoms with E-state index in [2.05, 4.69) is 17.2 Å². The average molecular weight is 239 g/mol. The van der Waals surface area contributed by atoms with E-state index >= 15 is 0 Å². The van der Waals surface area contributed by atoms with Crippen molar-refractivity contribution in [2.24, 2.45) is 0 Å². The Bertz CT molecular complexity index is 365. The molecule has 3 amide bonds. The molecule has 1 rings (SSSR count). The summed E-state index contributed by atoms with van der Waals surface area (Å²) in [5, 5.41) is 4.78. The summed E-state index contributed by atoms with van der Waals surface area (Å²) in [7, 11) is 1.46. The normalized spacial score (nSPS) is 18.7. The number of nitrogens with zero attached hydrogens (tertiary/aromatic N) is 1. The molecule has 6 nitrogen and oxygen atoms in total. The van der Waals surface area contributed by atoms with Crippen molar-refractivity contribution < 1.29 is 14.4 Å². The Labute approximate surface area is 100 Å². The number of likely N-dealkylation sites (tertiary alicyclic amines) is 1. The number of carbonyl (C=O) groups excluding carboxylic acids is 3. The van der Waals surface area contributed by atoms with Crippen LogP contribution in [-0.2, 0) is 14.4 Å². The van der Waals surface area contributed by atoms with E-state index in [-0.39, 0.29) is 17.5 Å². The predicted octanol–water partition coefficient (Wildman–Crippen LogP) is -0.627. The Hall–Kier alpha value is -1.85. The summed E-state index contributed by atoms with van der Waals surface area (Å²) < 4.78 is 0. The molecular weight excluding hydrogens is 222 g/mol. The first kappa shape index (κ1) is 13.2. The largest absolute Gasteiger partial charge is 0.354 e. The second-order valence-corrected chi connectivity index (χ2v) is 3.92. The zero-order valence-electron chi connectivity index (χ0n) is 10.1. The van der Waals surface area contributed by atoms with Crippen molar-refractivity contribution in [3.63, 3.8) is 0 Å². The lowest BCUT2D eigenvalue weighted by atomic mass is 10.2. The van der Waals surface area contributed by atoms with Crippen LogP contribution in [0, 0.1) is 0 Å². The molecule has 0 spiro atoms. The van der Waals surface area contributed by atoms with Crippen LogP contribution in [0.25, 0.3) is 0 Å². The van der Waals surface area contributed by atoms with E-state index in [0.29, 0.717) is 13.0 Å². The number of rotatable bonds is 3. The third kappa shape index (κ3) is 3.05. The molecule has 0 aromatic carbocycles. The van der Waals surface area contributed by atoms with Crippen molar-refractivity contribution in [1.29, 1.82) is 0 Å². The molecule has 1 saturated heterocycles. The highest BCUT2D eigenvalue weighted by molar-refractivity contribution is 5.98. The minimum absolute atomic E-state index is 0.00657. The van der Waals surface area contributed by atoms with Crippen LogP contribution in [0.2, 0.25) is 0 Å². The van der Waals surface area contributed by atoms with Gasteiger partial charge in [0.25, 0.3) is 5.91 Å². The van der Waals surface area contributed by atoms with Gasteiger partial charge in [0.1, 0.15) is 6.04 Å². The van der Waals surface area contributed by atoms with E-state index in [1.165, 1.54) is 18.9 Å². The lowest BCUT2D eigenvalue weighted by Crippen LogP contribution is -2.46. The first-order chi connectivity index (χ1) is 7.97. The van der Waals surface area contributed by atoms with Gasteiger partial charge < -0.3 is 15.5 Å². The third-order valence-electron chi connectivity index (χ3n) is 2.74. The molecule has 94 valence electrons. The fraction of sp³-hybridized carbons (Fsp3) is 0.545. The number of nitrogens with one attached hydrogen (secondary N) is 2. The van der Waals surface area contributed by atoms with Gasteiger partial charge in [-0.1, -0.05) is 6.58 Å². The van der Waals surface area contributed by atoms with Crippen molar-refractivity contribution in [3.05, 3.63) is 12.3 Å². The van der Waals surface area contributed by atoms with Crippen molar-refractivity contribution in [2.75, 3.05) is 13.6 Å². The highest BCUT2D eigenvalue weighted by Gasteiger charge is 2.32. The van der Waals surface area contributed by atoms with Crippen molar-refractivity contribution in [2.45, 2.75) is 25.8 Å². The predicted molar refractivity (Wildman–Crippen MR) is 61.8 cm³/mol. The van der Waals surface area contributed by atoms with Crippen LogP contribution < -0.4 is 10.6 Å². The Morgan fingerprint density at radius 2 is 2.00 bits per heavy atom. The van der Waals surface area contributed by atoms with E-state index in [1.807, 2.05) is 0 Å². The van der Waals surface area contributed by atoms with Gasteiger partial charge >= 0.3 is 0 Å². The first-order valence-electron chi connectivity index (χ1n) is 5.46. The minimum atomic E-state index is -0.492. The molecule has 2 N–H and O–H groups in total. The number of hydrogen-bond donors (Lipinski definition) is 2. The SMILES string of the molecule is C=C(NC(=O)[C@@H]1CCCN1C(C)=O)C(=O)NC. The van der Waals surface area contributed by atoms with E-state index in [1.54, 1.807) is 0 Å². The molecule has 17 heavy (non-hydrogen) atoms. The molecule has 6 heteroatoms. The standard InChI is InChI=1S/C11H17N3O3/c1-7(10(16)12-3)13-11(17)9-5-4-6-14(9)8(2)15/h9H,1,4-6H2,2-3H3,(H,12,16)(H,13,17)/t9-/m0/s1. The maximum Gasteiger partial charge on any atom is 0.266 e. The molecule has 0 unspecified atom stereocenters. The second-order valence-electron chi connectivity index (χ2n) is 3.92. The van der Waals surface area contributed by atoms with Crippen LogP contribution >= 0.6 is 0 Å². The molecule has 0 aromatic rings. The molecule has 0 bridgehead atoms. The highest BCUT2D eigenvalue weighted by Crippen LogP contribution is 2.17. The van der Waals surface area contributed by atoms with Crippen molar-refractivity contribution in [1.82, 2.24) is 15.5 Å². The maximum atomic E-state index is 11.8. The number of amides is 3. The maximum absolute atomic E-state index is 11.8. The summed E-state index contributed by atoms with van der Waals surface area (Å²) >= 11 is 0. The smallest absolute Gasteiger partial charge is 0.266 e. The summed E-state index contributed by atoms with van der Waals surface area (Å²) in [6.07, 6.45) is 1.41. The summed E-state index contributed by atoms with van der Waals surface area (Å²) in [4.78, 5) is 35.8. The van der Waals surface area contributed by atoms with Gasteiger partial charge in [0.2, 0.25) is 11.8 Å². The molecule has 1 fully saturated rings. The zero-order chi connectivity index (χ0) is 13.0. The van der Waals surface area contributed by atoms with E-state index in [4.69, 9.17) is 0 Å². The summed E-state index contributed by atoms with van der Waals surface area (Å²) in [5.74, 6) is -0.926. The van der Waals surface area contributed by atoms with Crippen LogP contribution in [0.4, 0.5) is 0 Å². The van der Waals surface area contributed by atoms with Gasteiger partial charge in [-0.25, -0.2) is 0 Å². The average Bonchev–Trinajstić information content (AvgIpc) is 2.76. The molecule has 0 saturated carbocycles. The van der Waals surface area contributed by atoms with Gasteiger partial charge in [-0.3, -0.25) is 14.4 Å². The molecule has 0 radical (unpaired) electrons. The van der Waals surface area contributed by atoms with E-state index in [0.717, 1.165) is 6.42 Å². The number of hydrogen-bond acceptors (Lipinski definition) is 3. The monoisotopic (exact) mass is 239 g/mol. The fourth-order valence-electron chi connectivity index (χ4n) is 1.86. The van der Waals surface area contributed by atoms with Crippen LogP contribution in [-0.4, -0.2) is 42.3 Å². The van der Waals surface area contributed by atoms with E-state index < -0.39 is 11.9 Å². The summed E-state index contributed by atoms with van der Waals surface area (Å²) in [5.41, 5.74) is -0.00657. The fourth-order valence-corrected chi connectivity index (χ4v) is 1.86. The minimum Gasteiger partial charge on any atom is -0.354 e. The van der Waals surface area contributed by atoms with Gasteiger partial charge in [-0.15, -0.1) is 0 Å². The third-order valence-corrected chi connectivity index (χ3v) is 2.74. The second kappa shape index (κ2) is 5.47.